The average Bonchev–Trinajstić information content (AvgIpc) is 2.76. The number of ketones is 1. The van der Waals surface area contributed by atoms with Crippen molar-refractivity contribution in [2.75, 3.05) is 19.7 Å². The normalized spacial score (nSPS) is 17.1. The summed E-state index contributed by atoms with van der Waals surface area (Å²) in [6.45, 7) is 7.56. The van der Waals surface area contributed by atoms with Crippen LogP contribution in [0, 0.1) is 20.8 Å². The Balaban J connectivity index is 1.29. The van der Waals surface area contributed by atoms with Gasteiger partial charge in [-0.3, -0.25) is 9.59 Å². The van der Waals surface area contributed by atoms with Crippen LogP contribution < -0.4 is 9.47 Å². The summed E-state index contributed by atoms with van der Waals surface area (Å²) < 4.78 is 12.1. The summed E-state index contributed by atoms with van der Waals surface area (Å²) in [4.78, 5) is 27.5. The highest BCUT2D eigenvalue weighted by molar-refractivity contribution is 6.32. The maximum atomic E-state index is 12.9. The number of rotatable bonds is 5. The van der Waals surface area contributed by atoms with Crippen molar-refractivity contribution in [3.8, 4) is 11.5 Å². The first-order valence-electron chi connectivity index (χ1n) is 11.3. The molecule has 32 heavy (non-hydrogen) atoms. The fourth-order valence-electron chi connectivity index (χ4n) is 4.65. The number of ether oxygens (including phenoxy) is 2. The Kier molecular flexibility index (Phi) is 6.47. The second kappa shape index (κ2) is 9.14. The fraction of sp³-hybridized carbons (Fsp3) is 0.462. The standard InChI is InChI=1S/C26H30ClNO4/c1-17-6-8-20(9-7-17)31-14-4-5-23(30)28-12-10-26(11-13-28)16-21(29)24-19(3)25(27)18(2)15-22(24)32-26/h6-9,15H,4-5,10-14,16H2,1-3H3. The molecule has 0 saturated carbocycles. The van der Waals surface area contributed by atoms with E-state index in [1.807, 2.05) is 56.0 Å². The van der Waals surface area contributed by atoms with E-state index in [1.54, 1.807) is 0 Å². The van der Waals surface area contributed by atoms with Gasteiger partial charge in [-0.05, 0) is 56.5 Å². The molecule has 1 fully saturated rings. The Labute approximate surface area is 194 Å². The van der Waals surface area contributed by atoms with E-state index in [0.717, 1.165) is 16.9 Å². The van der Waals surface area contributed by atoms with Gasteiger partial charge in [0.2, 0.25) is 5.91 Å². The van der Waals surface area contributed by atoms with Crippen LogP contribution in [0.25, 0.3) is 0 Å². The van der Waals surface area contributed by atoms with Gasteiger partial charge in [0.15, 0.2) is 5.78 Å². The van der Waals surface area contributed by atoms with E-state index in [1.165, 1.54) is 5.56 Å². The first-order chi connectivity index (χ1) is 15.3. The Morgan fingerprint density at radius 3 is 2.53 bits per heavy atom. The molecule has 0 aromatic heterocycles. The van der Waals surface area contributed by atoms with Gasteiger partial charge >= 0.3 is 0 Å². The topological polar surface area (TPSA) is 55.8 Å². The molecule has 0 atom stereocenters. The van der Waals surface area contributed by atoms with Crippen molar-refractivity contribution in [2.45, 2.75) is 58.5 Å². The van der Waals surface area contributed by atoms with Gasteiger partial charge in [0.05, 0.1) is 18.6 Å². The lowest BCUT2D eigenvalue weighted by Gasteiger charge is -2.44. The van der Waals surface area contributed by atoms with E-state index in [-0.39, 0.29) is 11.7 Å². The molecule has 2 aromatic rings. The highest BCUT2D eigenvalue weighted by Gasteiger charge is 2.44. The summed E-state index contributed by atoms with van der Waals surface area (Å²) in [7, 11) is 0. The number of amides is 1. The van der Waals surface area contributed by atoms with Crippen LogP contribution in [0.3, 0.4) is 0 Å². The zero-order valence-corrected chi connectivity index (χ0v) is 19.8. The molecule has 170 valence electrons. The maximum Gasteiger partial charge on any atom is 0.222 e. The zero-order chi connectivity index (χ0) is 22.9. The molecular weight excluding hydrogens is 426 g/mol. The first-order valence-corrected chi connectivity index (χ1v) is 11.6. The summed E-state index contributed by atoms with van der Waals surface area (Å²) in [6, 6.07) is 9.79. The number of nitrogens with zero attached hydrogens (tertiary/aromatic N) is 1. The number of fused-ring (bicyclic) bond motifs is 1. The van der Waals surface area contributed by atoms with Crippen LogP contribution in [-0.2, 0) is 4.79 Å². The van der Waals surface area contributed by atoms with Gasteiger partial charge in [0.25, 0.3) is 0 Å². The molecule has 4 rings (SSSR count). The SMILES string of the molecule is Cc1ccc(OCCCC(=O)N2CCC3(CC2)CC(=O)c2c(cc(C)c(Cl)c2C)O3)cc1. The molecule has 1 spiro atoms. The molecule has 2 heterocycles. The molecule has 0 aliphatic carbocycles. The molecule has 2 aliphatic heterocycles. The highest BCUT2D eigenvalue weighted by Crippen LogP contribution is 2.43. The molecule has 0 bridgehead atoms. The number of carbonyl (C=O) groups excluding carboxylic acids is 2. The lowest BCUT2D eigenvalue weighted by Crippen LogP contribution is -2.52. The van der Waals surface area contributed by atoms with Crippen molar-refractivity contribution in [1.29, 1.82) is 0 Å². The van der Waals surface area contributed by atoms with Crippen molar-refractivity contribution < 1.29 is 19.1 Å². The second-order valence-corrected chi connectivity index (χ2v) is 9.41. The smallest absolute Gasteiger partial charge is 0.222 e. The Morgan fingerprint density at radius 1 is 1.16 bits per heavy atom. The summed E-state index contributed by atoms with van der Waals surface area (Å²) in [5, 5.41) is 0.628. The summed E-state index contributed by atoms with van der Waals surface area (Å²) in [5.74, 6) is 1.68. The Morgan fingerprint density at radius 2 is 1.84 bits per heavy atom. The number of Topliss-reactive ketones (excluding diaryl/α,β-unsaturated/α-hetero) is 1. The maximum absolute atomic E-state index is 12.9. The van der Waals surface area contributed by atoms with Crippen LogP contribution in [0.4, 0.5) is 0 Å². The van der Waals surface area contributed by atoms with Gasteiger partial charge in [0.1, 0.15) is 17.1 Å². The van der Waals surface area contributed by atoms with E-state index in [9.17, 15) is 9.59 Å². The number of halogens is 1. The molecule has 2 aliphatic rings. The Hall–Kier alpha value is -2.53. The molecule has 0 radical (unpaired) electrons. The van der Waals surface area contributed by atoms with Crippen LogP contribution >= 0.6 is 11.6 Å². The lowest BCUT2D eigenvalue weighted by atomic mass is 9.81. The molecule has 1 saturated heterocycles. The largest absolute Gasteiger partial charge is 0.494 e. The van der Waals surface area contributed by atoms with E-state index in [2.05, 4.69) is 0 Å². The van der Waals surface area contributed by atoms with E-state index < -0.39 is 5.60 Å². The third-order valence-corrected chi connectivity index (χ3v) is 7.17. The van der Waals surface area contributed by atoms with Gasteiger partial charge in [-0.25, -0.2) is 0 Å². The molecule has 0 N–H and O–H groups in total. The number of hydrogen-bond acceptors (Lipinski definition) is 4. The molecular formula is C26H30ClNO4. The van der Waals surface area contributed by atoms with Gasteiger partial charge in [-0.2, -0.15) is 0 Å². The lowest BCUT2D eigenvalue weighted by molar-refractivity contribution is -0.135. The first kappa shape index (κ1) is 22.7. The van der Waals surface area contributed by atoms with Gasteiger partial charge in [0, 0.05) is 37.4 Å². The number of aryl methyl sites for hydroxylation is 2. The number of piperidine rings is 1. The third kappa shape index (κ3) is 4.63. The molecule has 5 nitrogen and oxygen atoms in total. The number of hydrogen-bond donors (Lipinski definition) is 0. The quantitative estimate of drug-likeness (QED) is 0.562. The second-order valence-electron chi connectivity index (χ2n) is 9.04. The van der Waals surface area contributed by atoms with Crippen LogP contribution in [0.15, 0.2) is 30.3 Å². The van der Waals surface area contributed by atoms with Crippen molar-refractivity contribution in [1.82, 2.24) is 4.90 Å². The van der Waals surface area contributed by atoms with Gasteiger partial charge < -0.3 is 14.4 Å². The van der Waals surface area contributed by atoms with Crippen LogP contribution in [0.1, 0.15) is 59.2 Å². The van der Waals surface area contributed by atoms with Crippen LogP contribution in [0.2, 0.25) is 5.02 Å². The number of likely N-dealkylation sites (tertiary alicyclic amines) is 1. The minimum atomic E-state index is -0.526. The fourth-order valence-corrected chi connectivity index (χ4v) is 4.80. The minimum Gasteiger partial charge on any atom is -0.494 e. The van der Waals surface area contributed by atoms with Crippen molar-refractivity contribution in [2.24, 2.45) is 0 Å². The number of carbonyl (C=O) groups is 2. The summed E-state index contributed by atoms with van der Waals surface area (Å²) in [6.07, 6.45) is 2.79. The number of benzene rings is 2. The predicted molar refractivity (Wildman–Crippen MR) is 125 cm³/mol. The summed E-state index contributed by atoms with van der Waals surface area (Å²) >= 11 is 6.34. The van der Waals surface area contributed by atoms with Crippen molar-refractivity contribution in [3.05, 3.63) is 57.6 Å². The molecule has 6 heteroatoms. The van der Waals surface area contributed by atoms with Crippen LogP contribution in [0.5, 0.6) is 11.5 Å². The third-order valence-electron chi connectivity index (χ3n) is 6.58. The van der Waals surface area contributed by atoms with Gasteiger partial charge in [-0.1, -0.05) is 29.3 Å². The van der Waals surface area contributed by atoms with E-state index in [4.69, 9.17) is 21.1 Å². The van der Waals surface area contributed by atoms with Crippen molar-refractivity contribution in [3.63, 3.8) is 0 Å². The molecule has 0 unspecified atom stereocenters. The summed E-state index contributed by atoms with van der Waals surface area (Å²) in [5.41, 5.74) is 2.98. The molecule has 2 aromatic carbocycles. The van der Waals surface area contributed by atoms with Gasteiger partial charge in [-0.15, -0.1) is 0 Å². The van der Waals surface area contributed by atoms with Crippen molar-refractivity contribution >= 4 is 23.3 Å². The monoisotopic (exact) mass is 455 g/mol. The predicted octanol–water partition coefficient (Wildman–Crippen LogP) is 5.45. The average molecular weight is 456 g/mol. The zero-order valence-electron chi connectivity index (χ0n) is 19.0. The molecule has 1 amide bonds. The van der Waals surface area contributed by atoms with E-state index in [0.29, 0.717) is 68.1 Å². The Bertz CT molecular complexity index is 1020. The highest BCUT2D eigenvalue weighted by atomic mass is 35.5. The van der Waals surface area contributed by atoms with E-state index >= 15 is 0 Å². The van der Waals surface area contributed by atoms with Crippen LogP contribution in [-0.4, -0.2) is 41.9 Å². The minimum absolute atomic E-state index is 0.0821.